The van der Waals surface area contributed by atoms with Gasteiger partial charge in [-0.15, -0.1) is 11.8 Å². The van der Waals surface area contributed by atoms with Gasteiger partial charge in [-0.2, -0.15) is 8.78 Å². The molecule has 2 amide bonds. The molecular weight excluding hydrogens is 398 g/mol. The Bertz CT molecular complexity index is 831. The SMILES string of the molecule is CCC(NC(=O)C(C)Sc1ccc(NC(C)=O)cc1)c1ccccc1OC(F)F. The van der Waals surface area contributed by atoms with Crippen LogP contribution in [0, 0.1) is 0 Å². The Labute approximate surface area is 173 Å². The Balaban J connectivity index is 2.03. The van der Waals surface area contributed by atoms with Gasteiger partial charge in [0.1, 0.15) is 5.75 Å². The fourth-order valence-electron chi connectivity index (χ4n) is 2.74. The standard InChI is InChI=1S/C21H24F2N2O3S/c1-4-18(17-7-5-6-8-19(17)28-21(22)23)25-20(27)13(2)29-16-11-9-15(10-12-16)24-14(3)26/h5-13,18,21H,4H2,1-3H3,(H,24,26)(H,25,27). The zero-order chi connectivity index (χ0) is 21.4. The van der Waals surface area contributed by atoms with Crippen LogP contribution in [-0.4, -0.2) is 23.7 Å². The van der Waals surface area contributed by atoms with Crippen LogP contribution in [0.1, 0.15) is 38.8 Å². The third-order valence-electron chi connectivity index (χ3n) is 4.09. The van der Waals surface area contributed by atoms with Crippen molar-refractivity contribution >= 4 is 29.3 Å². The first-order chi connectivity index (χ1) is 13.8. The van der Waals surface area contributed by atoms with Crippen molar-refractivity contribution in [3.8, 4) is 5.75 Å². The summed E-state index contributed by atoms with van der Waals surface area (Å²) in [5, 5.41) is 5.19. The number of hydrogen-bond donors (Lipinski definition) is 2. The molecule has 5 nitrogen and oxygen atoms in total. The smallest absolute Gasteiger partial charge is 0.387 e. The van der Waals surface area contributed by atoms with Gasteiger partial charge in [-0.1, -0.05) is 25.1 Å². The van der Waals surface area contributed by atoms with E-state index in [1.54, 1.807) is 37.3 Å². The maximum atomic E-state index is 12.7. The second-order valence-corrected chi connectivity index (χ2v) is 7.77. The van der Waals surface area contributed by atoms with Crippen LogP contribution in [0.3, 0.4) is 0 Å². The maximum Gasteiger partial charge on any atom is 0.387 e. The van der Waals surface area contributed by atoms with Gasteiger partial charge in [-0.05, 0) is 43.7 Å². The highest BCUT2D eigenvalue weighted by molar-refractivity contribution is 8.00. The number of hydrogen-bond acceptors (Lipinski definition) is 4. The number of amides is 2. The molecule has 0 aliphatic rings. The number of alkyl halides is 2. The fourth-order valence-corrected chi connectivity index (χ4v) is 3.61. The predicted molar refractivity (Wildman–Crippen MR) is 110 cm³/mol. The summed E-state index contributed by atoms with van der Waals surface area (Å²) in [7, 11) is 0. The quantitative estimate of drug-likeness (QED) is 0.559. The molecule has 29 heavy (non-hydrogen) atoms. The number of halogens is 2. The molecule has 0 saturated heterocycles. The second kappa shape index (κ2) is 10.8. The summed E-state index contributed by atoms with van der Waals surface area (Å²) in [6, 6.07) is 13.2. The second-order valence-electron chi connectivity index (χ2n) is 6.35. The highest BCUT2D eigenvalue weighted by Gasteiger charge is 2.22. The van der Waals surface area contributed by atoms with Crippen molar-refractivity contribution in [3.63, 3.8) is 0 Å². The summed E-state index contributed by atoms with van der Waals surface area (Å²) in [4.78, 5) is 24.6. The number of nitrogens with one attached hydrogen (secondary N) is 2. The first-order valence-electron chi connectivity index (χ1n) is 9.18. The molecule has 2 atom stereocenters. The van der Waals surface area contributed by atoms with Gasteiger partial charge in [0.15, 0.2) is 0 Å². The first kappa shape index (κ1) is 22.7. The van der Waals surface area contributed by atoms with E-state index in [0.29, 0.717) is 17.7 Å². The van der Waals surface area contributed by atoms with Crippen molar-refractivity contribution in [2.24, 2.45) is 0 Å². The van der Waals surface area contributed by atoms with Crippen LogP contribution in [0.25, 0.3) is 0 Å². The van der Waals surface area contributed by atoms with Gasteiger partial charge in [-0.3, -0.25) is 9.59 Å². The normalized spacial score (nSPS) is 12.9. The van der Waals surface area contributed by atoms with E-state index in [1.165, 1.54) is 24.8 Å². The van der Waals surface area contributed by atoms with Gasteiger partial charge in [0.2, 0.25) is 11.8 Å². The van der Waals surface area contributed by atoms with Gasteiger partial charge in [-0.25, -0.2) is 0 Å². The minimum Gasteiger partial charge on any atom is -0.434 e. The summed E-state index contributed by atoms with van der Waals surface area (Å²) >= 11 is 1.37. The zero-order valence-electron chi connectivity index (χ0n) is 16.4. The number of thioether (sulfide) groups is 1. The monoisotopic (exact) mass is 422 g/mol. The maximum absolute atomic E-state index is 12.7. The molecule has 0 aliphatic carbocycles. The lowest BCUT2D eigenvalue weighted by molar-refractivity contribution is -0.121. The number of benzene rings is 2. The summed E-state index contributed by atoms with van der Waals surface area (Å²) in [6.07, 6.45) is 0.526. The average Bonchev–Trinajstić information content (AvgIpc) is 2.67. The van der Waals surface area contributed by atoms with Crippen LogP contribution in [0.5, 0.6) is 5.75 Å². The predicted octanol–water partition coefficient (Wildman–Crippen LogP) is 4.99. The summed E-state index contributed by atoms with van der Waals surface area (Å²) < 4.78 is 29.9. The van der Waals surface area contributed by atoms with E-state index in [9.17, 15) is 18.4 Å². The van der Waals surface area contributed by atoms with Crippen molar-refractivity contribution in [1.29, 1.82) is 0 Å². The van der Waals surface area contributed by atoms with Crippen LogP contribution in [0.15, 0.2) is 53.4 Å². The van der Waals surface area contributed by atoms with Crippen molar-refractivity contribution in [1.82, 2.24) is 5.32 Å². The molecule has 8 heteroatoms. The van der Waals surface area contributed by atoms with E-state index in [4.69, 9.17) is 0 Å². The fraction of sp³-hybridized carbons (Fsp3) is 0.333. The summed E-state index contributed by atoms with van der Waals surface area (Å²) in [6.45, 7) is 2.14. The number of rotatable bonds is 9. The zero-order valence-corrected chi connectivity index (χ0v) is 17.3. The van der Waals surface area contributed by atoms with Gasteiger partial charge < -0.3 is 15.4 Å². The molecule has 2 aromatic carbocycles. The topological polar surface area (TPSA) is 67.4 Å². The molecule has 156 valence electrons. The van der Waals surface area contributed by atoms with Crippen LogP contribution < -0.4 is 15.4 Å². The number of anilines is 1. The molecule has 0 aliphatic heterocycles. The Morgan fingerprint density at radius 1 is 1.10 bits per heavy atom. The van der Waals surface area contributed by atoms with Gasteiger partial charge in [0.25, 0.3) is 0 Å². The van der Waals surface area contributed by atoms with Crippen LogP contribution in [0.4, 0.5) is 14.5 Å². The van der Waals surface area contributed by atoms with Crippen LogP contribution >= 0.6 is 11.8 Å². The van der Waals surface area contributed by atoms with E-state index in [2.05, 4.69) is 15.4 Å². The van der Waals surface area contributed by atoms with Crippen molar-refractivity contribution in [3.05, 3.63) is 54.1 Å². The third-order valence-corrected chi connectivity index (χ3v) is 5.20. The Morgan fingerprint density at radius 2 is 1.76 bits per heavy atom. The van der Waals surface area contributed by atoms with Gasteiger partial charge >= 0.3 is 6.61 Å². The lowest BCUT2D eigenvalue weighted by Crippen LogP contribution is -2.34. The first-order valence-corrected chi connectivity index (χ1v) is 10.1. The molecule has 0 aromatic heterocycles. The highest BCUT2D eigenvalue weighted by atomic mass is 32.2. The van der Waals surface area contributed by atoms with Crippen LogP contribution in [-0.2, 0) is 9.59 Å². The molecule has 0 saturated carbocycles. The molecule has 0 bridgehead atoms. The van der Waals surface area contributed by atoms with E-state index in [1.807, 2.05) is 19.1 Å². The highest BCUT2D eigenvalue weighted by Crippen LogP contribution is 2.30. The number of ether oxygens (including phenoxy) is 1. The molecular formula is C21H24F2N2O3S. The van der Waals surface area contributed by atoms with Gasteiger partial charge in [0, 0.05) is 23.1 Å². The summed E-state index contributed by atoms with van der Waals surface area (Å²) in [5.41, 5.74) is 1.20. The number of para-hydroxylation sites is 1. The number of carbonyl (C=O) groups excluding carboxylic acids is 2. The van der Waals surface area contributed by atoms with E-state index in [0.717, 1.165) is 4.90 Å². The molecule has 2 unspecified atom stereocenters. The lowest BCUT2D eigenvalue weighted by atomic mass is 10.0. The largest absolute Gasteiger partial charge is 0.434 e. The Morgan fingerprint density at radius 3 is 2.34 bits per heavy atom. The van der Waals surface area contributed by atoms with Gasteiger partial charge in [0.05, 0.1) is 11.3 Å². The number of carbonyl (C=O) groups is 2. The van der Waals surface area contributed by atoms with Crippen molar-refractivity contribution < 1.29 is 23.1 Å². The molecule has 0 heterocycles. The average molecular weight is 422 g/mol. The van der Waals surface area contributed by atoms with Crippen molar-refractivity contribution in [2.45, 2.75) is 50.0 Å². The minimum absolute atomic E-state index is 0.0588. The van der Waals surface area contributed by atoms with E-state index in [-0.39, 0.29) is 17.6 Å². The third kappa shape index (κ3) is 7.05. The summed E-state index contributed by atoms with van der Waals surface area (Å²) in [5.74, 6) is -0.303. The van der Waals surface area contributed by atoms with E-state index >= 15 is 0 Å². The molecule has 2 N–H and O–H groups in total. The lowest BCUT2D eigenvalue weighted by Gasteiger charge is -2.22. The molecule has 0 fully saturated rings. The Hall–Kier alpha value is -2.61. The Kier molecular flexibility index (Phi) is 8.45. The molecule has 0 spiro atoms. The minimum atomic E-state index is -2.93. The van der Waals surface area contributed by atoms with E-state index < -0.39 is 17.9 Å². The van der Waals surface area contributed by atoms with Crippen LogP contribution in [0.2, 0.25) is 0 Å². The molecule has 2 rings (SSSR count). The molecule has 2 aromatic rings. The van der Waals surface area contributed by atoms with Crippen molar-refractivity contribution in [2.75, 3.05) is 5.32 Å². The molecule has 0 radical (unpaired) electrons.